The third-order valence-corrected chi connectivity index (χ3v) is 6.11. The van der Waals surface area contributed by atoms with Crippen molar-refractivity contribution >= 4 is 39.3 Å². The minimum atomic E-state index is -0.164. The molecule has 1 aliphatic heterocycles. The normalized spacial score (nSPS) is 15.7. The maximum atomic E-state index is 12.9. The second-order valence-electron chi connectivity index (χ2n) is 6.84. The van der Waals surface area contributed by atoms with Crippen molar-refractivity contribution in [2.45, 2.75) is 28.9 Å². The van der Waals surface area contributed by atoms with Gasteiger partial charge in [0.15, 0.2) is 0 Å². The lowest BCUT2D eigenvalue weighted by Gasteiger charge is -2.12. The van der Waals surface area contributed by atoms with Crippen molar-refractivity contribution in [1.82, 2.24) is 4.98 Å². The lowest BCUT2D eigenvalue weighted by atomic mass is 10.2. The van der Waals surface area contributed by atoms with Crippen LogP contribution >= 0.6 is 27.7 Å². The van der Waals surface area contributed by atoms with Crippen molar-refractivity contribution in [3.8, 4) is 5.75 Å². The molecule has 1 fully saturated rings. The molecule has 0 aliphatic carbocycles. The number of benzene rings is 2. The van der Waals surface area contributed by atoms with E-state index in [2.05, 4.69) is 26.2 Å². The van der Waals surface area contributed by atoms with E-state index in [1.54, 1.807) is 6.20 Å². The van der Waals surface area contributed by atoms with Crippen LogP contribution in [0.5, 0.6) is 5.75 Å². The summed E-state index contributed by atoms with van der Waals surface area (Å²) in [4.78, 5) is 18.1. The van der Waals surface area contributed by atoms with Crippen LogP contribution in [0.25, 0.3) is 0 Å². The van der Waals surface area contributed by atoms with Crippen molar-refractivity contribution in [3.63, 3.8) is 0 Å². The highest BCUT2D eigenvalue weighted by Crippen LogP contribution is 2.30. The Kier molecular flexibility index (Phi) is 7.04. The zero-order valence-corrected chi connectivity index (χ0v) is 18.6. The molecule has 0 radical (unpaired) electrons. The number of carbonyl (C=O) groups excluding carboxylic acids is 1. The van der Waals surface area contributed by atoms with Gasteiger partial charge in [0.05, 0.1) is 11.7 Å². The molecule has 2 aromatic carbocycles. The van der Waals surface area contributed by atoms with Crippen LogP contribution in [0.4, 0.5) is 5.69 Å². The van der Waals surface area contributed by atoms with Crippen LogP contribution in [0.1, 0.15) is 23.2 Å². The van der Waals surface area contributed by atoms with E-state index in [4.69, 9.17) is 9.47 Å². The number of nitrogens with one attached hydrogen (secondary N) is 1. The lowest BCUT2D eigenvalue weighted by molar-refractivity contribution is 0.0679. The van der Waals surface area contributed by atoms with Gasteiger partial charge in [-0.05, 0) is 77.3 Å². The Morgan fingerprint density at radius 1 is 1.17 bits per heavy atom. The van der Waals surface area contributed by atoms with E-state index in [9.17, 15) is 4.79 Å². The number of pyridine rings is 1. The topological polar surface area (TPSA) is 60.5 Å². The minimum absolute atomic E-state index is 0.164. The molecule has 5 nitrogen and oxygen atoms in total. The van der Waals surface area contributed by atoms with E-state index in [1.165, 1.54) is 11.8 Å². The minimum Gasteiger partial charge on any atom is -0.491 e. The highest BCUT2D eigenvalue weighted by Gasteiger charge is 2.16. The third-order valence-electron chi connectivity index (χ3n) is 4.62. The summed E-state index contributed by atoms with van der Waals surface area (Å²) in [5.41, 5.74) is 1.32. The molecule has 1 aromatic heterocycles. The fourth-order valence-corrected chi connectivity index (χ4v) is 4.20. The van der Waals surface area contributed by atoms with Gasteiger partial charge in [-0.3, -0.25) is 4.79 Å². The molecule has 7 heteroatoms. The average molecular weight is 485 g/mol. The molecule has 1 aliphatic rings. The molecular formula is C23H21BrN2O3S. The number of carbonyl (C=O) groups is 1. The van der Waals surface area contributed by atoms with Crippen molar-refractivity contribution < 1.29 is 14.3 Å². The number of halogens is 1. The number of amides is 1. The Morgan fingerprint density at radius 3 is 2.73 bits per heavy atom. The van der Waals surface area contributed by atoms with Crippen molar-refractivity contribution in [1.29, 1.82) is 0 Å². The summed E-state index contributed by atoms with van der Waals surface area (Å²) < 4.78 is 12.3. The zero-order valence-electron chi connectivity index (χ0n) is 16.2. The number of aromatic nitrogens is 1. The first-order chi connectivity index (χ1) is 14.7. The van der Waals surface area contributed by atoms with Gasteiger partial charge in [0.1, 0.15) is 17.4 Å². The summed E-state index contributed by atoms with van der Waals surface area (Å²) in [5, 5.41) is 3.78. The second kappa shape index (κ2) is 10.1. The van der Waals surface area contributed by atoms with Crippen LogP contribution in [0.3, 0.4) is 0 Å². The molecule has 4 rings (SSSR count). The highest BCUT2D eigenvalue weighted by molar-refractivity contribution is 9.10. The summed E-state index contributed by atoms with van der Waals surface area (Å²) >= 11 is 4.84. The number of rotatable bonds is 7. The summed E-state index contributed by atoms with van der Waals surface area (Å²) in [7, 11) is 0. The quantitative estimate of drug-likeness (QED) is 0.458. The number of hydrogen-bond acceptors (Lipinski definition) is 5. The van der Waals surface area contributed by atoms with E-state index in [0.717, 1.165) is 39.6 Å². The molecule has 30 heavy (non-hydrogen) atoms. The average Bonchev–Trinajstić information content (AvgIpc) is 3.29. The maximum Gasteiger partial charge on any atom is 0.256 e. The number of ether oxygens (including phenoxy) is 2. The molecule has 1 atom stereocenters. The first-order valence-electron chi connectivity index (χ1n) is 9.71. The number of nitrogens with zero attached hydrogens (tertiary/aromatic N) is 1. The van der Waals surface area contributed by atoms with Gasteiger partial charge in [-0.2, -0.15) is 0 Å². The summed E-state index contributed by atoms with van der Waals surface area (Å²) in [6, 6.07) is 18.8. The third kappa shape index (κ3) is 5.62. The Bertz CT molecular complexity index is 990. The number of anilines is 1. The molecule has 2 heterocycles. The zero-order chi connectivity index (χ0) is 20.8. The van der Waals surface area contributed by atoms with Gasteiger partial charge >= 0.3 is 0 Å². The lowest BCUT2D eigenvalue weighted by Crippen LogP contribution is -2.16. The maximum absolute atomic E-state index is 12.9. The van der Waals surface area contributed by atoms with Crippen molar-refractivity contribution in [2.24, 2.45) is 0 Å². The second-order valence-corrected chi connectivity index (χ2v) is 8.82. The standard InChI is InChI=1S/C23H21BrN2O3S/c24-16-7-12-22(25-14-16)30-21-6-2-1-5-20(21)23(27)26-17-8-10-18(11-9-17)29-15-19-4-3-13-28-19/h1-2,5-12,14,19H,3-4,13,15H2,(H,26,27). The predicted octanol–water partition coefficient (Wildman–Crippen LogP) is 5.81. The Morgan fingerprint density at radius 2 is 2.00 bits per heavy atom. The molecular weight excluding hydrogens is 464 g/mol. The van der Waals surface area contributed by atoms with Gasteiger partial charge in [0, 0.05) is 27.9 Å². The monoisotopic (exact) mass is 484 g/mol. The van der Waals surface area contributed by atoms with Gasteiger partial charge in [-0.1, -0.05) is 23.9 Å². The van der Waals surface area contributed by atoms with Crippen molar-refractivity contribution in [2.75, 3.05) is 18.5 Å². The summed E-state index contributed by atoms with van der Waals surface area (Å²) in [5.74, 6) is 0.601. The Hall–Kier alpha value is -2.35. The van der Waals surface area contributed by atoms with E-state index in [1.807, 2.05) is 60.7 Å². The van der Waals surface area contributed by atoms with Crippen LogP contribution in [0, 0.1) is 0 Å². The molecule has 1 saturated heterocycles. The number of hydrogen-bond donors (Lipinski definition) is 1. The van der Waals surface area contributed by atoms with Gasteiger partial charge in [0.25, 0.3) is 5.91 Å². The highest BCUT2D eigenvalue weighted by atomic mass is 79.9. The van der Waals surface area contributed by atoms with Crippen LogP contribution in [-0.4, -0.2) is 30.2 Å². The van der Waals surface area contributed by atoms with Crippen molar-refractivity contribution in [3.05, 3.63) is 76.9 Å². The molecule has 0 saturated carbocycles. The molecule has 1 unspecified atom stereocenters. The first kappa shape index (κ1) is 20.9. The van der Waals surface area contributed by atoms with Gasteiger partial charge in [0.2, 0.25) is 0 Å². The van der Waals surface area contributed by atoms with Gasteiger partial charge in [-0.25, -0.2) is 4.98 Å². The molecule has 154 valence electrons. The predicted molar refractivity (Wildman–Crippen MR) is 121 cm³/mol. The molecule has 3 aromatic rings. The molecule has 1 amide bonds. The van der Waals surface area contributed by atoms with Crippen LogP contribution in [-0.2, 0) is 4.74 Å². The Labute approximate surface area is 188 Å². The fourth-order valence-electron chi connectivity index (χ4n) is 3.08. The van der Waals surface area contributed by atoms with Gasteiger partial charge in [-0.15, -0.1) is 0 Å². The first-order valence-corrected chi connectivity index (χ1v) is 11.3. The summed E-state index contributed by atoms with van der Waals surface area (Å²) in [6.07, 6.45) is 4.06. The largest absolute Gasteiger partial charge is 0.491 e. The summed E-state index contributed by atoms with van der Waals surface area (Å²) in [6.45, 7) is 1.37. The molecule has 0 bridgehead atoms. The van der Waals surface area contributed by atoms with E-state index in [-0.39, 0.29) is 12.0 Å². The fraction of sp³-hybridized carbons (Fsp3) is 0.217. The SMILES string of the molecule is O=C(Nc1ccc(OCC2CCCO2)cc1)c1ccccc1Sc1ccc(Br)cn1. The van der Waals surface area contributed by atoms with Crippen LogP contribution < -0.4 is 10.1 Å². The van der Waals surface area contributed by atoms with Gasteiger partial charge < -0.3 is 14.8 Å². The Balaban J connectivity index is 1.39. The molecule has 0 spiro atoms. The smallest absolute Gasteiger partial charge is 0.256 e. The van der Waals surface area contributed by atoms with E-state index < -0.39 is 0 Å². The molecule has 1 N–H and O–H groups in total. The van der Waals surface area contributed by atoms with E-state index in [0.29, 0.717) is 17.9 Å². The van der Waals surface area contributed by atoms with Crippen LogP contribution in [0.2, 0.25) is 0 Å². The van der Waals surface area contributed by atoms with E-state index >= 15 is 0 Å². The van der Waals surface area contributed by atoms with Crippen LogP contribution in [0.15, 0.2) is 81.3 Å².